The summed E-state index contributed by atoms with van der Waals surface area (Å²) in [5, 5.41) is 9.08. The zero-order valence-electron chi connectivity index (χ0n) is 12.9. The fraction of sp³-hybridized carbons (Fsp3) is 0. The number of carboxylic acids is 1. The third-order valence-electron chi connectivity index (χ3n) is 3.59. The van der Waals surface area contributed by atoms with Gasteiger partial charge < -0.3 is 14.8 Å². The number of benzene rings is 2. The minimum Gasteiger partial charge on any atom is -0.478 e. The number of hydrogen-bond acceptors (Lipinski definition) is 5. The van der Waals surface area contributed by atoms with Crippen molar-refractivity contribution in [3.8, 4) is 23.1 Å². The van der Waals surface area contributed by atoms with E-state index in [0.29, 0.717) is 22.6 Å². The van der Waals surface area contributed by atoms with Crippen LogP contribution in [0.15, 0.2) is 60.9 Å². The number of nitrogens with zero attached hydrogens (tertiary/aromatic N) is 3. The maximum Gasteiger partial charge on any atom is 0.335 e. The van der Waals surface area contributed by atoms with E-state index in [4.69, 9.17) is 9.84 Å². The predicted molar refractivity (Wildman–Crippen MR) is 90.6 cm³/mol. The van der Waals surface area contributed by atoms with Gasteiger partial charge in [-0.3, -0.25) is 0 Å². The van der Waals surface area contributed by atoms with Crippen LogP contribution in [0, 0.1) is 0 Å². The standard InChI is InChI=1S/C18H12N4O3/c23-17(24)12-5-6-14-15(10-12)22-16(21-14)11-3-1-4-13(9-11)25-18-19-7-2-8-20-18/h1-10H,(H,21,22)(H,23,24). The summed E-state index contributed by atoms with van der Waals surface area (Å²) in [5.41, 5.74) is 2.37. The number of ether oxygens (including phenoxy) is 1. The maximum absolute atomic E-state index is 11.1. The second kappa shape index (κ2) is 6.04. The van der Waals surface area contributed by atoms with E-state index in [2.05, 4.69) is 19.9 Å². The molecular formula is C18H12N4O3. The maximum atomic E-state index is 11.1. The molecular weight excluding hydrogens is 320 g/mol. The first-order chi connectivity index (χ1) is 12.2. The zero-order chi connectivity index (χ0) is 17.2. The Labute approximate surface area is 142 Å². The average Bonchev–Trinajstić information content (AvgIpc) is 3.06. The molecule has 7 heteroatoms. The Morgan fingerprint density at radius 2 is 1.88 bits per heavy atom. The van der Waals surface area contributed by atoms with Crippen LogP contribution in [0.2, 0.25) is 0 Å². The summed E-state index contributed by atoms with van der Waals surface area (Å²) in [4.78, 5) is 26.8. The molecule has 122 valence electrons. The average molecular weight is 332 g/mol. The highest BCUT2D eigenvalue weighted by Gasteiger charge is 2.10. The van der Waals surface area contributed by atoms with E-state index in [1.165, 1.54) is 6.07 Å². The highest BCUT2D eigenvalue weighted by atomic mass is 16.5. The molecule has 0 unspecified atom stereocenters. The number of hydrogen-bond donors (Lipinski definition) is 2. The van der Waals surface area contributed by atoms with Crippen molar-refractivity contribution < 1.29 is 14.6 Å². The van der Waals surface area contributed by atoms with Gasteiger partial charge in [-0.2, -0.15) is 0 Å². The second-order valence-electron chi connectivity index (χ2n) is 5.28. The Morgan fingerprint density at radius 1 is 1.04 bits per heavy atom. The molecule has 4 rings (SSSR count). The summed E-state index contributed by atoms with van der Waals surface area (Å²) in [6, 6.07) is 14.1. The fourth-order valence-corrected chi connectivity index (χ4v) is 2.43. The van der Waals surface area contributed by atoms with Gasteiger partial charge in [0.2, 0.25) is 0 Å². The van der Waals surface area contributed by atoms with Crippen LogP contribution < -0.4 is 4.74 Å². The molecule has 7 nitrogen and oxygen atoms in total. The minimum atomic E-state index is -0.976. The molecule has 4 aromatic rings. The number of rotatable bonds is 4. The van der Waals surface area contributed by atoms with E-state index >= 15 is 0 Å². The van der Waals surface area contributed by atoms with Gasteiger partial charge in [0.05, 0.1) is 16.6 Å². The highest BCUT2D eigenvalue weighted by Crippen LogP contribution is 2.26. The first-order valence-electron chi connectivity index (χ1n) is 7.47. The quantitative estimate of drug-likeness (QED) is 0.593. The predicted octanol–water partition coefficient (Wildman–Crippen LogP) is 3.51. The van der Waals surface area contributed by atoms with E-state index in [0.717, 1.165) is 5.56 Å². The lowest BCUT2D eigenvalue weighted by Crippen LogP contribution is -1.94. The Morgan fingerprint density at radius 3 is 2.68 bits per heavy atom. The molecule has 0 aliphatic carbocycles. The number of imidazole rings is 1. The molecule has 2 N–H and O–H groups in total. The van der Waals surface area contributed by atoms with Gasteiger partial charge in [0.25, 0.3) is 0 Å². The number of aromatic nitrogens is 4. The number of H-pyrrole nitrogens is 1. The highest BCUT2D eigenvalue weighted by molar-refractivity contribution is 5.93. The van der Waals surface area contributed by atoms with E-state index < -0.39 is 5.97 Å². The van der Waals surface area contributed by atoms with Crippen molar-refractivity contribution in [3.05, 3.63) is 66.5 Å². The third kappa shape index (κ3) is 3.02. The van der Waals surface area contributed by atoms with Crippen molar-refractivity contribution in [2.45, 2.75) is 0 Å². The molecule has 2 aromatic carbocycles. The lowest BCUT2D eigenvalue weighted by Gasteiger charge is -2.04. The van der Waals surface area contributed by atoms with Gasteiger partial charge in [-0.05, 0) is 36.4 Å². The molecule has 0 bridgehead atoms. The number of carboxylic acid groups (broad SMARTS) is 1. The van der Waals surface area contributed by atoms with Crippen LogP contribution in [0.1, 0.15) is 10.4 Å². The van der Waals surface area contributed by atoms with E-state index in [-0.39, 0.29) is 11.6 Å². The zero-order valence-corrected chi connectivity index (χ0v) is 12.9. The van der Waals surface area contributed by atoms with Crippen molar-refractivity contribution in [3.63, 3.8) is 0 Å². The number of aromatic amines is 1. The summed E-state index contributed by atoms with van der Waals surface area (Å²) in [5.74, 6) is 0.226. The fourth-order valence-electron chi connectivity index (χ4n) is 2.43. The van der Waals surface area contributed by atoms with Crippen LogP contribution in [0.4, 0.5) is 0 Å². The van der Waals surface area contributed by atoms with Crippen molar-refractivity contribution in [1.82, 2.24) is 19.9 Å². The Kier molecular flexibility index (Phi) is 3.59. The van der Waals surface area contributed by atoms with Crippen LogP contribution in [0.3, 0.4) is 0 Å². The number of fused-ring (bicyclic) bond motifs is 1. The van der Waals surface area contributed by atoms with Gasteiger partial charge in [0.1, 0.15) is 11.6 Å². The van der Waals surface area contributed by atoms with Crippen LogP contribution in [0.5, 0.6) is 11.8 Å². The van der Waals surface area contributed by atoms with Crippen molar-refractivity contribution >= 4 is 17.0 Å². The number of aromatic carboxylic acids is 1. The SMILES string of the molecule is O=C(O)c1ccc2nc(-c3cccc(Oc4ncccn4)c3)[nH]c2c1. The smallest absolute Gasteiger partial charge is 0.335 e. The monoisotopic (exact) mass is 332 g/mol. The van der Waals surface area contributed by atoms with Crippen molar-refractivity contribution in [1.29, 1.82) is 0 Å². The van der Waals surface area contributed by atoms with Crippen LogP contribution in [-0.2, 0) is 0 Å². The molecule has 0 aliphatic heterocycles. The second-order valence-corrected chi connectivity index (χ2v) is 5.28. The van der Waals surface area contributed by atoms with E-state index in [1.54, 1.807) is 36.7 Å². The van der Waals surface area contributed by atoms with E-state index in [1.807, 2.05) is 18.2 Å². The topological polar surface area (TPSA) is 101 Å². The van der Waals surface area contributed by atoms with Crippen LogP contribution >= 0.6 is 0 Å². The lowest BCUT2D eigenvalue weighted by atomic mass is 10.2. The molecule has 0 atom stereocenters. The number of nitrogens with one attached hydrogen (secondary N) is 1. The van der Waals surface area contributed by atoms with Gasteiger partial charge in [0.15, 0.2) is 0 Å². The molecule has 2 heterocycles. The molecule has 0 fully saturated rings. The Hall–Kier alpha value is -3.74. The normalized spacial score (nSPS) is 10.7. The Balaban J connectivity index is 1.68. The summed E-state index contributed by atoms with van der Waals surface area (Å²) in [7, 11) is 0. The van der Waals surface area contributed by atoms with Gasteiger partial charge in [-0.1, -0.05) is 12.1 Å². The van der Waals surface area contributed by atoms with E-state index in [9.17, 15) is 4.79 Å². The summed E-state index contributed by atoms with van der Waals surface area (Å²) in [6.45, 7) is 0. The van der Waals surface area contributed by atoms with Crippen LogP contribution in [0.25, 0.3) is 22.4 Å². The van der Waals surface area contributed by atoms with Gasteiger partial charge in [-0.25, -0.2) is 19.7 Å². The molecule has 25 heavy (non-hydrogen) atoms. The van der Waals surface area contributed by atoms with Crippen molar-refractivity contribution in [2.24, 2.45) is 0 Å². The van der Waals surface area contributed by atoms with Gasteiger partial charge in [-0.15, -0.1) is 0 Å². The number of carbonyl (C=O) groups is 1. The molecule has 2 aromatic heterocycles. The molecule has 0 saturated heterocycles. The summed E-state index contributed by atoms with van der Waals surface area (Å²) < 4.78 is 5.62. The largest absolute Gasteiger partial charge is 0.478 e. The third-order valence-corrected chi connectivity index (χ3v) is 3.59. The molecule has 0 aliphatic rings. The lowest BCUT2D eigenvalue weighted by molar-refractivity contribution is 0.0697. The Bertz CT molecular complexity index is 1060. The first-order valence-corrected chi connectivity index (χ1v) is 7.47. The first kappa shape index (κ1) is 14.8. The minimum absolute atomic E-state index is 0.209. The molecule has 0 radical (unpaired) electrons. The summed E-state index contributed by atoms with van der Waals surface area (Å²) >= 11 is 0. The molecule has 0 spiro atoms. The molecule has 0 amide bonds. The summed E-state index contributed by atoms with van der Waals surface area (Å²) in [6.07, 6.45) is 3.21. The van der Waals surface area contributed by atoms with Crippen molar-refractivity contribution in [2.75, 3.05) is 0 Å². The van der Waals surface area contributed by atoms with Gasteiger partial charge in [0, 0.05) is 18.0 Å². The van der Waals surface area contributed by atoms with Crippen LogP contribution in [-0.4, -0.2) is 31.0 Å². The molecule has 0 saturated carbocycles. The van der Waals surface area contributed by atoms with Gasteiger partial charge >= 0.3 is 12.0 Å².